The summed E-state index contributed by atoms with van der Waals surface area (Å²) in [6.45, 7) is 3.75. The van der Waals surface area contributed by atoms with Gasteiger partial charge >= 0.3 is 10.1 Å². The van der Waals surface area contributed by atoms with E-state index in [1.165, 1.54) is 16.1 Å². The molecule has 2 aromatic heterocycles. The summed E-state index contributed by atoms with van der Waals surface area (Å²) in [6.07, 6.45) is 6.83. The smallest absolute Gasteiger partial charge is 0.339 e. The Bertz CT molecular complexity index is 2320. The number of nitrogens with zero attached hydrogens (tertiary/aromatic N) is 5. The largest absolute Gasteiger partial charge is 0.379 e. The van der Waals surface area contributed by atoms with Crippen molar-refractivity contribution in [1.82, 2.24) is 19.2 Å². The minimum Gasteiger partial charge on any atom is -0.379 e. The van der Waals surface area contributed by atoms with E-state index in [4.69, 9.17) is 4.18 Å². The lowest BCUT2D eigenvalue weighted by molar-refractivity contribution is 0.201. The second-order valence-electron chi connectivity index (χ2n) is 12.4. The molecule has 0 bridgehead atoms. The number of pyridine rings is 2. The zero-order chi connectivity index (χ0) is 34.7. The van der Waals surface area contributed by atoms with Crippen molar-refractivity contribution >= 4 is 47.4 Å². The van der Waals surface area contributed by atoms with Crippen molar-refractivity contribution in [1.29, 1.82) is 0 Å². The Morgan fingerprint density at radius 1 is 0.700 bits per heavy atom. The number of fused-ring (bicyclic) bond motifs is 2. The van der Waals surface area contributed by atoms with E-state index in [1.54, 1.807) is 92.5 Å². The van der Waals surface area contributed by atoms with Gasteiger partial charge in [0.15, 0.2) is 0 Å². The molecule has 0 spiro atoms. The summed E-state index contributed by atoms with van der Waals surface area (Å²) >= 11 is 0. The number of hydrogen-bond donors (Lipinski definition) is 0. The topological polar surface area (TPSA) is 113 Å². The van der Waals surface area contributed by atoms with Gasteiger partial charge < -0.3 is 9.08 Å². The summed E-state index contributed by atoms with van der Waals surface area (Å²) in [4.78, 5) is 13.2. The van der Waals surface area contributed by atoms with Crippen molar-refractivity contribution in [2.75, 3.05) is 44.7 Å². The second kappa shape index (κ2) is 14.2. The summed E-state index contributed by atoms with van der Waals surface area (Å²) in [7, 11) is -6.40. The zero-order valence-electron chi connectivity index (χ0n) is 27.5. The summed E-state index contributed by atoms with van der Waals surface area (Å²) in [5, 5.41) is 2.59. The molecule has 0 radical (unpaired) electrons. The molecule has 1 aliphatic rings. The molecule has 7 rings (SSSR count). The summed E-state index contributed by atoms with van der Waals surface area (Å²) < 4.78 is 62.2. The molecule has 0 amide bonds. The van der Waals surface area contributed by atoms with E-state index < -0.39 is 26.2 Å². The molecule has 0 unspecified atom stereocenters. The van der Waals surface area contributed by atoms with Gasteiger partial charge in [0.25, 0.3) is 0 Å². The van der Waals surface area contributed by atoms with Crippen LogP contribution >= 0.6 is 0 Å². The van der Waals surface area contributed by atoms with E-state index in [2.05, 4.69) is 31.9 Å². The summed E-state index contributed by atoms with van der Waals surface area (Å²) in [5.74, 6) is 0.165. The van der Waals surface area contributed by atoms with Crippen molar-refractivity contribution in [3.05, 3.63) is 133 Å². The minimum absolute atomic E-state index is 0.0601. The van der Waals surface area contributed by atoms with E-state index in [1.807, 2.05) is 24.3 Å². The molecule has 6 aromatic rings. The summed E-state index contributed by atoms with van der Waals surface area (Å²) in [5.41, 5.74) is 2.03. The van der Waals surface area contributed by atoms with Gasteiger partial charge in [-0.05, 0) is 60.5 Å². The van der Waals surface area contributed by atoms with Crippen LogP contribution in [-0.2, 0) is 26.6 Å². The fourth-order valence-electron chi connectivity index (χ4n) is 6.54. The maximum atomic E-state index is 14.3. The van der Waals surface area contributed by atoms with E-state index in [-0.39, 0.29) is 15.5 Å². The molecule has 3 heterocycles. The highest BCUT2D eigenvalue weighted by Crippen LogP contribution is 2.29. The standard InChI is InChI=1S/C38H37N5O5S2/c1-41(49(44,45)37-11-5-7-30-26-39-19-17-35(30)37)33(28-42-21-23-43(24-22-42)32-9-3-2-4-10-32)25-29-13-15-34(16-14-29)48-50(46,47)38-12-6-8-31-27-40-20-18-36(31)38/h2-20,26-27,33H,21-25,28H2,1H3/t33-/m0/s1. The van der Waals surface area contributed by atoms with E-state index in [9.17, 15) is 16.8 Å². The van der Waals surface area contributed by atoms with Gasteiger partial charge in [-0.1, -0.05) is 54.6 Å². The fraction of sp³-hybridized carbons (Fsp3) is 0.211. The molecular weight excluding hydrogens is 671 g/mol. The van der Waals surface area contributed by atoms with Gasteiger partial charge in [-0.15, -0.1) is 0 Å². The quantitative estimate of drug-likeness (QED) is 0.159. The Morgan fingerprint density at radius 3 is 1.94 bits per heavy atom. The number of hydrogen-bond acceptors (Lipinski definition) is 9. The van der Waals surface area contributed by atoms with Crippen LogP contribution in [0.25, 0.3) is 21.5 Å². The molecule has 256 valence electrons. The van der Waals surface area contributed by atoms with E-state index >= 15 is 0 Å². The number of rotatable bonds is 11. The minimum atomic E-state index is -4.13. The van der Waals surface area contributed by atoms with Crippen LogP contribution < -0.4 is 9.08 Å². The van der Waals surface area contributed by atoms with Crippen molar-refractivity contribution in [2.45, 2.75) is 22.3 Å². The normalized spacial score (nSPS) is 15.0. The third kappa shape index (κ3) is 7.06. The van der Waals surface area contributed by atoms with Gasteiger partial charge in [-0.2, -0.15) is 12.7 Å². The Labute approximate surface area is 292 Å². The van der Waals surface area contributed by atoms with Gasteiger partial charge in [-0.25, -0.2) is 8.42 Å². The first kappa shape index (κ1) is 33.6. The number of piperazine rings is 1. The van der Waals surface area contributed by atoms with Crippen LogP contribution in [0.15, 0.2) is 138 Å². The van der Waals surface area contributed by atoms with Crippen molar-refractivity contribution in [3.8, 4) is 5.75 Å². The molecule has 0 N–H and O–H groups in total. The maximum Gasteiger partial charge on any atom is 0.339 e. The molecule has 12 heteroatoms. The highest BCUT2D eigenvalue weighted by Gasteiger charge is 2.32. The van der Waals surface area contributed by atoms with Crippen LogP contribution in [0.5, 0.6) is 5.75 Å². The van der Waals surface area contributed by atoms with Crippen LogP contribution in [0.3, 0.4) is 0 Å². The molecule has 1 fully saturated rings. The first-order valence-electron chi connectivity index (χ1n) is 16.4. The van der Waals surface area contributed by atoms with Gasteiger partial charge in [0.1, 0.15) is 10.6 Å². The van der Waals surface area contributed by atoms with Gasteiger partial charge in [0.05, 0.1) is 4.90 Å². The second-order valence-corrected chi connectivity index (χ2v) is 15.9. The highest BCUT2D eigenvalue weighted by atomic mass is 32.2. The molecule has 50 heavy (non-hydrogen) atoms. The first-order valence-corrected chi connectivity index (χ1v) is 19.2. The van der Waals surface area contributed by atoms with E-state index in [0.717, 1.165) is 37.1 Å². The van der Waals surface area contributed by atoms with Crippen LogP contribution in [0.4, 0.5) is 5.69 Å². The van der Waals surface area contributed by atoms with Gasteiger partial charge in [-0.3, -0.25) is 14.9 Å². The lowest BCUT2D eigenvalue weighted by Crippen LogP contribution is -2.52. The SMILES string of the molecule is CN([C@@H](Cc1ccc(OS(=O)(=O)c2cccc3cnccc23)cc1)CN1CCN(c2ccccc2)CC1)S(=O)(=O)c1cccc2cnccc12. The lowest BCUT2D eigenvalue weighted by Gasteiger charge is -2.39. The number of benzene rings is 4. The molecule has 1 saturated heterocycles. The number of anilines is 1. The summed E-state index contributed by atoms with van der Waals surface area (Å²) in [6, 6.07) is 30.3. The zero-order valence-corrected chi connectivity index (χ0v) is 29.2. The monoisotopic (exact) mass is 707 g/mol. The van der Waals surface area contributed by atoms with Crippen molar-refractivity contribution in [2.24, 2.45) is 0 Å². The maximum absolute atomic E-state index is 14.3. The molecule has 0 aliphatic carbocycles. The average Bonchev–Trinajstić information content (AvgIpc) is 3.15. The highest BCUT2D eigenvalue weighted by molar-refractivity contribution is 7.89. The third-order valence-corrected chi connectivity index (χ3v) is 12.6. The Morgan fingerprint density at radius 2 is 1.30 bits per heavy atom. The van der Waals surface area contributed by atoms with Crippen molar-refractivity contribution < 1.29 is 21.0 Å². The molecule has 1 atom stereocenters. The van der Waals surface area contributed by atoms with Crippen LogP contribution in [-0.4, -0.2) is 81.8 Å². The number of likely N-dealkylation sites (N-methyl/N-ethyl adjacent to an activating group) is 1. The van der Waals surface area contributed by atoms with Crippen molar-refractivity contribution in [3.63, 3.8) is 0 Å². The predicted octanol–water partition coefficient (Wildman–Crippen LogP) is 5.60. The van der Waals surface area contributed by atoms with Crippen LogP contribution in [0, 0.1) is 0 Å². The van der Waals surface area contributed by atoms with Crippen LogP contribution in [0.1, 0.15) is 5.56 Å². The molecular formula is C38H37N5O5S2. The van der Waals surface area contributed by atoms with Crippen LogP contribution in [0.2, 0.25) is 0 Å². The van der Waals surface area contributed by atoms with E-state index in [0.29, 0.717) is 29.1 Å². The fourth-order valence-corrected chi connectivity index (χ4v) is 9.25. The molecule has 10 nitrogen and oxygen atoms in total. The molecule has 0 saturated carbocycles. The van der Waals surface area contributed by atoms with Gasteiger partial charge in [0.2, 0.25) is 10.0 Å². The number of para-hydroxylation sites is 1. The number of aromatic nitrogens is 2. The first-order chi connectivity index (χ1) is 24.2. The molecule has 1 aliphatic heterocycles. The Kier molecular flexibility index (Phi) is 9.52. The van der Waals surface area contributed by atoms with Gasteiger partial charge in [0, 0.05) is 97.8 Å². The predicted molar refractivity (Wildman–Crippen MR) is 195 cm³/mol. The molecule has 4 aromatic carbocycles. The average molecular weight is 708 g/mol. The number of sulfonamides is 1. The Balaban J connectivity index is 1.13. The lowest BCUT2D eigenvalue weighted by atomic mass is 10.0. The Hall–Kier alpha value is -4.88. The third-order valence-electron chi connectivity index (χ3n) is 9.29.